The van der Waals surface area contributed by atoms with Gasteiger partial charge in [-0.25, -0.2) is 4.57 Å². The van der Waals surface area contributed by atoms with Crippen LogP contribution in [0.25, 0.3) is 22.0 Å². The van der Waals surface area contributed by atoms with Crippen molar-refractivity contribution < 1.29 is 4.57 Å². The smallest absolute Gasteiger partial charge is 0.220 e. The molecule has 2 heterocycles. The van der Waals surface area contributed by atoms with E-state index >= 15 is 0 Å². The van der Waals surface area contributed by atoms with Crippen molar-refractivity contribution in [3.8, 4) is 11.3 Å². The molecule has 0 aliphatic rings. The summed E-state index contributed by atoms with van der Waals surface area (Å²) in [5.41, 5.74) is 3.86. The molecule has 2 nitrogen and oxygen atoms in total. The van der Waals surface area contributed by atoms with E-state index in [0.29, 0.717) is 0 Å². The Kier molecular flexibility index (Phi) is 4.40. The first-order valence-electron chi connectivity index (χ1n) is 9.39. The molecule has 0 saturated heterocycles. The van der Waals surface area contributed by atoms with E-state index < -0.39 is 8.07 Å². The van der Waals surface area contributed by atoms with E-state index in [1.54, 1.807) is 0 Å². The Hall–Kier alpha value is -2.78. The fraction of sp³-hybridized carbons (Fsp3) is 0.167. The van der Waals surface area contributed by atoms with Crippen molar-refractivity contribution in [1.29, 1.82) is 0 Å². The van der Waals surface area contributed by atoms with Crippen molar-refractivity contribution in [2.24, 2.45) is 7.05 Å². The van der Waals surface area contributed by atoms with Gasteiger partial charge in [-0.05, 0) is 42.1 Å². The molecule has 0 bridgehead atoms. The first-order chi connectivity index (χ1) is 13.0. The summed E-state index contributed by atoms with van der Waals surface area (Å²) in [6.07, 6.45) is 4.07. The lowest BCUT2D eigenvalue weighted by molar-refractivity contribution is -0.659. The number of nitrogens with zero attached hydrogens (tertiary/aromatic N) is 2. The Balaban J connectivity index is 1.91. The van der Waals surface area contributed by atoms with Gasteiger partial charge < -0.3 is 0 Å². The highest BCUT2D eigenvalue weighted by atomic mass is 28.3. The first kappa shape index (κ1) is 17.6. The van der Waals surface area contributed by atoms with Gasteiger partial charge in [-0.3, -0.25) is 4.98 Å². The molecule has 134 valence electrons. The number of hydrogen-bond donors (Lipinski definition) is 0. The molecule has 0 N–H and O–H groups in total. The zero-order valence-corrected chi connectivity index (χ0v) is 17.4. The van der Waals surface area contributed by atoms with Crippen LogP contribution in [0.3, 0.4) is 0 Å². The van der Waals surface area contributed by atoms with E-state index in [2.05, 4.69) is 103 Å². The summed E-state index contributed by atoms with van der Waals surface area (Å²) in [6.45, 7) is 6.93. The van der Waals surface area contributed by atoms with E-state index in [1.165, 1.54) is 38.1 Å². The van der Waals surface area contributed by atoms with Gasteiger partial charge in [-0.1, -0.05) is 54.7 Å². The molecule has 4 rings (SSSR count). The van der Waals surface area contributed by atoms with Crippen LogP contribution in [0.1, 0.15) is 5.56 Å². The van der Waals surface area contributed by atoms with Crippen LogP contribution in [0.5, 0.6) is 0 Å². The molecule has 3 heteroatoms. The van der Waals surface area contributed by atoms with Gasteiger partial charge in [-0.15, -0.1) is 0 Å². The van der Waals surface area contributed by atoms with Crippen molar-refractivity contribution in [3.05, 3.63) is 84.7 Å². The summed E-state index contributed by atoms with van der Waals surface area (Å²) in [5.74, 6) is 0. The molecular weight excluding hydrogens is 344 g/mol. The second kappa shape index (κ2) is 6.75. The van der Waals surface area contributed by atoms with E-state index in [0.717, 1.165) is 0 Å². The minimum absolute atomic E-state index is 1.23. The van der Waals surface area contributed by atoms with Gasteiger partial charge >= 0.3 is 0 Å². The molecule has 0 spiro atoms. The maximum atomic E-state index is 4.66. The lowest BCUT2D eigenvalue weighted by atomic mass is 10.00. The summed E-state index contributed by atoms with van der Waals surface area (Å²) in [4.78, 5) is 4.66. The molecule has 2 aromatic carbocycles. The van der Waals surface area contributed by atoms with Gasteiger partial charge in [0.05, 0.1) is 5.39 Å². The lowest BCUT2D eigenvalue weighted by Gasteiger charge is -2.22. The zero-order valence-electron chi connectivity index (χ0n) is 16.4. The van der Waals surface area contributed by atoms with Gasteiger partial charge in [0.25, 0.3) is 0 Å². The van der Waals surface area contributed by atoms with Crippen molar-refractivity contribution in [2.75, 3.05) is 0 Å². The Bertz CT molecular complexity index is 1120. The summed E-state index contributed by atoms with van der Waals surface area (Å²) >= 11 is 0. The second-order valence-electron chi connectivity index (χ2n) is 7.73. The Labute approximate surface area is 162 Å². The maximum absolute atomic E-state index is 4.66. The third-order valence-electron chi connectivity index (χ3n) is 5.56. The number of aryl methyl sites for hydroxylation is 2. The maximum Gasteiger partial charge on any atom is 0.220 e. The minimum atomic E-state index is -1.81. The van der Waals surface area contributed by atoms with E-state index in [-0.39, 0.29) is 0 Å². The highest BCUT2D eigenvalue weighted by Crippen LogP contribution is 2.27. The zero-order chi connectivity index (χ0) is 19.0. The monoisotopic (exact) mass is 369 g/mol. The fourth-order valence-electron chi connectivity index (χ4n) is 3.82. The molecule has 0 atom stereocenters. The van der Waals surface area contributed by atoms with Crippen molar-refractivity contribution in [3.63, 3.8) is 0 Å². The predicted octanol–water partition coefficient (Wildman–Crippen LogP) is 3.86. The van der Waals surface area contributed by atoms with Gasteiger partial charge in [0.1, 0.15) is 15.1 Å². The van der Waals surface area contributed by atoms with Crippen LogP contribution in [0.2, 0.25) is 13.1 Å². The standard InChI is InChI=1S/C24H25N2Si/c1-18-9-5-6-10-21(18)24-22-13-12-20(17-19(22)14-16-26(24)2)27(3,4)23-11-7-8-15-25-23/h5-17H,1-4H3/q+1. The average Bonchev–Trinajstić information content (AvgIpc) is 2.69. The Morgan fingerprint density at radius 3 is 2.41 bits per heavy atom. The number of pyridine rings is 2. The summed E-state index contributed by atoms with van der Waals surface area (Å²) in [6, 6.07) is 24.1. The van der Waals surface area contributed by atoms with Gasteiger partial charge in [0.15, 0.2) is 6.20 Å². The number of hydrogen-bond acceptors (Lipinski definition) is 1. The van der Waals surface area contributed by atoms with E-state index in [9.17, 15) is 0 Å². The largest absolute Gasteiger partial charge is 0.266 e. The third-order valence-corrected chi connectivity index (χ3v) is 8.90. The average molecular weight is 370 g/mol. The molecule has 0 unspecified atom stereocenters. The first-order valence-corrected chi connectivity index (χ1v) is 12.4. The molecule has 0 aliphatic heterocycles. The molecule has 0 radical (unpaired) electrons. The summed E-state index contributed by atoms with van der Waals surface area (Å²) in [7, 11) is 0.315. The van der Waals surface area contributed by atoms with Crippen LogP contribution >= 0.6 is 0 Å². The van der Waals surface area contributed by atoms with Crippen LogP contribution in [0.15, 0.2) is 79.1 Å². The van der Waals surface area contributed by atoms with Crippen LogP contribution in [-0.4, -0.2) is 13.1 Å². The van der Waals surface area contributed by atoms with Crippen molar-refractivity contribution in [2.45, 2.75) is 20.0 Å². The quantitative estimate of drug-likeness (QED) is 0.396. The Morgan fingerprint density at radius 1 is 0.889 bits per heavy atom. The number of aromatic nitrogens is 2. The van der Waals surface area contributed by atoms with Gasteiger partial charge in [-0.2, -0.15) is 0 Å². The molecule has 0 aliphatic carbocycles. The Morgan fingerprint density at radius 2 is 1.67 bits per heavy atom. The molecule has 4 aromatic rings. The number of benzene rings is 2. The fourth-order valence-corrected chi connectivity index (χ4v) is 6.04. The number of rotatable bonds is 3. The van der Waals surface area contributed by atoms with Crippen molar-refractivity contribution in [1.82, 2.24) is 4.98 Å². The third kappa shape index (κ3) is 3.08. The molecule has 0 fully saturated rings. The second-order valence-corrected chi connectivity index (χ2v) is 12.1. The minimum Gasteiger partial charge on any atom is -0.266 e. The summed E-state index contributed by atoms with van der Waals surface area (Å²) < 4.78 is 2.23. The van der Waals surface area contributed by atoms with E-state index in [1.807, 2.05) is 12.3 Å². The predicted molar refractivity (Wildman–Crippen MR) is 116 cm³/mol. The van der Waals surface area contributed by atoms with Crippen LogP contribution in [-0.2, 0) is 7.05 Å². The topological polar surface area (TPSA) is 16.8 Å². The molecule has 2 aromatic heterocycles. The molecule has 27 heavy (non-hydrogen) atoms. The molecular formula is C24H25N2Si+. The van der Waals surface area contributed by atoms with Crippen LogP contribution in [0, 0.1) is 6.92 Å². The normalized spacial score (nSPS) is 11.7. The summed E-state index contributed by atoms with van der Waals surface area (Å²) in [5, 5.41) is 5.23. The van der Waals surface area contributed by atoms with Crippen molar-refractivity contribution >= 4 is 29.4 Å². The van der Waals surface area contributed by atoms with Crippen LogP contribution < -0.4 is 15.1 Å². The SMILES string of the molecule is Cc1ccccc1-c1c2ccc([Si](C)(C)c3ccccn3)cc2cc[n+]1C. The van der Waals surface area contributed by atoms with E-state index in [4.69, 9.17) is 0 Å². The number of fused-ring (bicyclic) bond motifs is 1. The highest BCUT2D eigenvalue weighted by molar-refractivity contribution is 7.00. The van der Waals surface area contributed by atoms with Gasteiger partial charge in [0, 0.05) is 23.1 Å². The highest BCUT2D eigenvalue weighted by Gasteiger charge is 2.28. The lowest BCUT2D eigenvalue weighted by Crippen LogP contribution is -2.54. The molecule has 0 amide bonds. The van der Waals surface area contributed by atoms with Gasteiger partial charge in [0.2, 0.25) is 5.69 Å². The molecule has 0 saturated carbocycles. The van der Waals surface area contributed by atoms with Crippen LogP contribution in [0.4, 0.5) is 0 Å².